The van der Waals surface area contributed by atoms with Gasteiger partial charge in [0.2, 0.25) is 0 Å². The summed E-state index contributed by atoms with van der Waals surface area (Å²) in [6.07, 6.45) is 5.59. The third-order valence-corrected chi connectivity index (χ3v) is 3.76. The van der Waals surface area contributed by atoms with Crippen molar-refractivity contribution in [2.24, 2.45) is 0 Å². The highest BCUT2D eigenvalue weighted by atomic mass is 35.5. The number of piperazine rings is 1. The van der Waals surface area contributed by atoms with Gasteiger partial charge in [-0.05, 0) is 24.6 Å². The number of aromatic nitrogens is 2. The summed E-state index contributed by atoms with van der Waals surface area (Å²) in [4.78, 5) is 6.60. The lowest BCUT2D eigenvalue weighted by molar-refractivity contribution is 0.165. The van der Waals surface area contributed by atoms with E-state index in [9.17, 15) is 0 Å². The van der Waals surface area contributed by atoms with Crippen LogP contribution in [0.1, 0.15) is 12.5 Å². The molecule has 1 fully saturated rings. The van der Waals surface area contributed by atoms with E-state index in [-0.39, 0.29) is 12.4 Å². The van der Waals surface area contributed by atoms with Gasteiger partial charge in [0.15, 0.2) is 0 Å². The molecule has 1 atom stereocenters. The van der Waals surface area contributed by atoms with E-state index in [1.807, 2.05) is 17.1 Å². The van der Waals surface area contributed by atoms with Crippen molar-refractivity contribution in [3.8, 4) is 5.69 Å². The molecule has 1 aromatic heterocycles. The van der Waals surface area contributed by atoms with Crippen molar-refractivity contribution in [1.29, 1.82) is 0 Å². The molecule has 20 heavy (non-hydrogen) atoms. The molecule has 5 heteroatoms. The van der Waals surface area contributed by atoms with Crippen molar-refractivity contribution < 1.29 is 0 Å². The maximum atomic E-state index is 4.07. The zero-order chi connectivity index (χ0) is 13.1. The Balaban J connectivity index is 0.00000147. The predicted octanol–water partition coefficient (Wildman–Crippen LogP) is 2.09. The molecule has 0 spiro atoms. The van der Waals surface area contributed by atoms with Gasteiger partial charge in [-0.1, -0.05) is 12.1 Å². The molecule has 1 aromatic carbocycles. The summed E-state index contributed by atoms with van der Waals surface area (Å²) in [5.74, 6) is 0. The number of imidazole rings is 1. The number of hydrogen-bond donors (Lipinski definition) is 1. The Hall–Kier alpha value is -1.36. The van der Waals surface area contributed by atoms with Crippen LogP contribution in [0.3, 0.4) is 0 Å². The van der Waals surface area contributed by atoms with Crippen LogP contribution in [0.2, 0.25) is 0 Å². The van der Waals surface area contributed by atoms with E-state index in [1.165, 1.54) is 5.56 Å². The summed E-state index contributed by atoms with van der Waals surface area (Å²) < 4.78 is 2.03. The minimum absolute atomic E-state index is 0. The maximum Gasteiger partial charge on any atom is 0.0991 e. The fourth-order valence-corrected chi connectivity index (χ4v) is 2.54. The molecule has 1 aliphatic heterocycles. The lowest BCUT2D eigenvalue weighted by atomic mass is 10.1. The van der Waals surface area contributed by atoms with Gasteiger partial charge in [-0.3, -0.25) is 4.90 Å². The van der Waals surface area contributed by atoms with Gasteiger partial charge in [-0.15, -0.1) is 12.4 Å². The number of rotatable bonds is 3. The first-order valence-corrected chi connectivity index (χ1v) is 6.85. The van der Waals surface area contributed by atoms with Crippen molar-refractivity contribution in [3.63, 3.8) is 0 Å². The van der Waals surface area contributed by atoms with Gasteiger partial charge in [-0.2, -0.15) is 0 Å². The number of nitrogens with zero attached hydrogens (tertiary/aromatic N) is 3. The Morgan fingerprint density at radius 3 is 2.75 bits per heavy atom. The fourth-order valence-electron chi connectivity index (χ4n) is 2.54. The van der Waals surface area contributed by atoms with Crippen LogP contribution in [-0.4, -0.2) is 40.1 Å². The molecule has 0 unspecified atom stereocenters. The monoisotopic (exact) mass is 292 g/mol. The van der Waals surface area contributed by atoms with Gasteiger partial charge in [0.1, 0.15) is 0 Å². The molecule has 1 saturated heterocycles. The fraction of sp³-hybridized carbons (Fsp3) is 0.400. The van der Waals surface area contributed by atoms with Crippen LogP contribution in [0.25, 0.3) is 5.69 Å². The number of hydrogen-bond acceptors (Lipinski definition) is 3. The Kier molecular flexibility index (Phi) is 5.17. The minimum atomic E-state index is 0. The Morgan fingerprint density at radius 1 is 1.30 bits per heavy atom. The average Bonchev–Trinajstić information content (AvgIpc) is 2.96. The van der Waals surface area contributed by atoms with Gasteiger partial charge in [0, 0.05) is 50.3 Å². The quantitative estimate of drug-likeness (QED) is 0.940. The molecule has 0 radical (unpaired) electrons. The molecule has 1 N–H and O–H groups in total. The summed E-state index contributed by atoms with van der Waals surface area (Å²) >= 11 is 0. The summed E-state index contributed by atoms with van der Waals surface area (Å²) in [7, 11) is 0. The van der Waals surface area contributed by atoms with E-state index in [0.717, 1.165) is 31.9 Å². The number of nitrogens with one attached hydrogen (secondary N) is 1. The van der Waals surface area contributed by atoms with E-state index in [1.54, 1.807) is 6.20 Å². The largest absolute Gasteiger partial charge is 0.314 e. The van der Waals surface area contributed by atoms with Gasteiger partial charge in [0.05, 0.1) is 6.33 Å². The molecule has 0 aliphatic carbocycles. The number of benzene rings is 1. The third-order valence-electron chi connectivity index (χ3n) is 3.76. The zero-order valence-corrected chi connectivity index (χ0v) is 12.5. The van der Waals surface area contributed by atoms with Crippen LogP contribution >= 0.6 is 12.4 Å². The molecule has 0 saturated carbocycles. The molecule has 0 amide bonds. The van der Waals surface area contributed by atoms with Gasteiger partial charge in [0.25, 0.3) is 0 Å². The van der Waals surface area contributed by atoms with Gasteiger partial charge < -0.3 is 9.88 Å². The third kappa shape index (κ3) is 3.39. The summed E-state index contributed by atoms with van der Waals surface area (Å²) in [6, 6.07) is 9.35. The first kappa shape index (κ1) is 15.0. The minimum Gasteiger partial charge on any atom is -0.314 e. The second kappa shape index (κ2) is 6.88. The molecule has 0 bridgehead atoms. The highest BCUT2D eigenvalue weighted by Crippen LogP contribution is 2.13. The Morgan fingerprint density at radius 2 is 2.10 bits per heavy atom. The lowest BCUT2D eigenvalue weighted by Crippen LogP contribution is -2.49. The van der Waals surface area contributed by atoms with Crippen LogP contribution in [0, 0.1) is 0 Å². The smallest absolute Gasteiger partial charge is 0.0991 e. The number of halogens is 1. The van der Waals surface area contributed by atoms with Crippen molar-refractivity contribution in [1.82, 2.24) is 19.8 Å². The van der Waals surface area contributed by atoms with E-state index >= 15 is 0 Å². The van der Waals surface area contributed by atoms with E-state index in [4.69, 9.17) is 0 Å². The first-order chi connectivity index (χ1) is 9.33. The first-order valence-electron chi connectivity index (χ1n) is 6.85. The predicted molar refractivity (Wildman–Crippen MR) is 83.6 cm³/mol. The van der Waals surface area contributed by atoms with E-state index in [2.05, 4.69) is 46.4 Å². The second-order valence-electron chi connectivity index (χ2n) is 5.16. The van der Waals surface area contributed by atoms with E-state index < -0.39 is 0 Å². The van der Waals surface area contributed by atoms with Crippen molar-refractivity contribution >= 4 is 12.4 Å². The SMILES string of the molecule is C[C@H]1CNCCN1Cc1ccc(-n2ccnc2)cc1.Cl. The van der Waals surface area contributed by atoms with Crippen LogP contribution in [0.5, 0.6) is 0 Å². The average molecular weight is 293 g/mol. The van der Waals surface area contributed by atoms with Crippen LogP contribution < -0.4 is 5.32 Å². The summed E-state index contributed by atoms with van der Waals surface area (Å²) in [5.41, 5.74) is 2.53. The lowest BCUT2D eigenvalue weighted by Gasteiger charge is -2.33. The highest BCUT2D eigenvalue weighted by Gasteiger charge is 2.17. The molecule has 2 heterocycles. The van der Waals surface area contributed by atoms with Crippen molar-refractivity contribution in [3.05, 3.63) is 48.5 Å². The van der Waals surface area contributed by atoms with Crippen molar-refractivity contribution in [2.75, 3.05) is 19.6 Å². The molecular weight excluding hydrogens is 272 g/mol. The standard InChI is InChI=1S/C15H20N4.ClH/c1-13-10-16-6-8-18(13)11-14-2-4-15(5-3-14)19-9-7-17-12-19;/h2-5,7,9,12-13,16H,6,8,10-11H2,1H3;1H/t13-;/m0./s1. The Bertz CT molecular complexity index is 509. The molecular formula is C15H21ClN4. The molecule has 1 aliphatic rings. The second-order valence-corrected chi connectivity index (χ2v) is 5.16. The maximum absolute atomic E-state index is 4.07. The Labute approximate surface area is 126 Å². The topological polar surface area (TPSA) is 33.1 Å². The molecule has 3 rings (SSSR count). The highest BCUT2D eigenvalue weighted by molar-refractivity contribution is 5.85. The molecule has 4 nitrogen and oxygen atoms in total. The van der Waals surface area contributed by atoms with Crippen molar-refractivity contribution in [2.45, 2.75) is 19.5 Å². The summed E-state index contributed by atoms with van der Waals surface area (Å²) in [5, 5.41) is 3.43. The van der Waals surface area contributed by atoms with Crippen LogP contribution in [0.15, 0.2) is 43.0 Å². The van der Waals surface area contributed by atoms with Gasteiger partial charge in [-0.25, -0.2) is 4.98 Å². The van der Waals surface area contributed by atoms with Crippen LogP contribution in [0.4, 0.5) is 0 Å². The van der Waals surface area contributed by atoms with E-state index in [0.29, 0.717) is 6.04 Å². The zero-order valence-electron chi connectivity index (χ0n) is 11.7. The summed E-state index contributed by atoms with van der Waals surface area (Å²) in [6.45, 7) is 6.63. The van der Waals surface area contributed by atoms with Gasteiger partial charge >= 0.3 is 0 Å². The molecule has 2 aromatic rings. The molecule has 108 valence electrons. The normalized spacial score (nSPS) is 19.6. The van der Waals surface area contributed by atoms with Crippen LogP contribution in [-0.2, 0) is 6.54 Å².